The lowest BCUT2D eigenvalue weighted by Gasteiger charge is -2.38. The lowest BCUT2D eigenvalue weighted by atomic mass is 10.1. The molecule has 1 unspecified atom stereocenters. The third-order valence-electron chi connectivity index (χ3n) is 2.70. The van der Waals surface area contributed by atoms with E-state index in [4.69, 9.17) is 9.84 Å². The van der Waals surface area contributed by atoms with Crippen molar-refractivity contribution < 1.29 is 9.84 Å². The van der Waals surface area contributed by atoms with Gasteiger partial charge in [-0.3, -0.25) is 0 Å². The number of rotatable bonds is 2. The molecule has 1 aromatic carbocycles. The Morgan fingerprint density at radius 1 is 1.47 bits per heavy atom. The van der Waals surface area contributed by atoms with E-state index in [-0.39, 0.29) is 12.7 Å². The number of ether oxygens (including phenoxy) is 1. The van der Waals surface area contributed by atoms with Crippen molar-refractivity contribution in [3.05, 3.63) is 24.3 Å². The highest BCUT2D eigenvalue weighted by molar-refractivity contribution is 5.60. The molecular formula is C12H17NO2. The van der Waals surface area contributed by atoms with Gasteiger partial charge >= 0.3 is 0 Å². The third-order valence-corrected chi connectivity index (χ3v) is 2.70. The summed E-state index contributed by atoms with van der Waals surface area (Å²) in [6.07, 6.45) is -0.109. The Balaban J connectivity index is 2.34. The first kappa shape index (κ1) is 10.3. The van der Waals surface area contributed by atoms with Crippen molar-refractivity contribution in [3.8, 4) is 5.75 Å². The van der Waals surface area contributed by atoms with Gasteiger partial charge in [-0.1, -0.05) is 12.1 Å². The van der Waals surface area contributed by atoms with Crippen molar-refractivity contribution in [1.82, 2.24) is 0 Å². The number of nitrogens with zero attached hydrogens (tertiary/aromatic N) is 1. The Labute approximate surface area is 90.3 Å². The average molecular weight is 207 g/mol. The number of fused-ring (bicyclic) bond motifs is 1. The van der Waals surface area contributed by atoms with Crippen LogP contribution in [0.1, 0.15) is 13.8 Å². The Bertz CT molecular complexity index is 338. The van der Waals surface area contributed by atoms with Crippen LogP contribution >= 0.6 is 0 Å². The fourth-order valence-corrected chi connectivity index (χ4v) is 1.91. The largest absolute Gasteiger partial charge is 0.484 e. The van der Waals surface area contributed by atoms with E-state index in [0.717, 1.165) is 18.0 Å². The lowest BCUT2D eigenvalue weighted by Crippen LogP contribution is -2.45. The maximum absolute atomic E-state index is 9.16. The van der Waals surface area contributed by atoms with Crippen LogP contribution in [0.15, 0.2) is 24.3 Å². The van der Waals surface area contributed by atoms with Gasteiger partial charge in [0.15, 0.2) is 0 Å². The zero-order chi connectivity index (χ0) is 10.8. The minimum Gasteiger partial charge on any atom is -0.484 e. The second-order valence-electron chi connectivity index (χ2n) is 4.14. The summed E-state index contributed by atoms with van der Waals surface area (Å²) in [5.41, 5.74) is 1.12. The average Bonchev–Trinajstić information content (AvgIpc) is 2.27. The van der Waals surface area contributed by atoms with Crippen LogP contribution in [0, 0.1) is 0 Å². The topological polar surface area (TPSA) is 32.7 Å². The van der Waals surface area contributed by atoms with Crippen LogP contribution in [0.5, 0.6) is 5.75 Å². The molecule has 1 aliphatic rings. The maximum Gasteiger partial charge on any atom is 0.143 e. The molecule has 1 N–H and O–H groups in total. The Hall–Kier alpha value is -1.22. The predicted octanol–water partition coefficient (Wildman–Crippen LogP) is 1.65. The zero-order valence-corrected chi connectivity index (χ0v) is 9.18. The molecule has 1 atom stereocenters. The third kappa shape index (κ3) is 1.92. The van der Waals surface area contributed by atoms with Gasteiger partial charge in [0.05, 0.1) is 18.8 Å². The monoisotopic (exact) mass is 207 g/mol. The molecule has 3 nitrogen and oxygen atoms in total. The first-order valence-corrected chi connectivity index (χ1v) is 5.35. The van der Waals surface area contributed by atoms with Gasteiger partial charge in [-0.25, -0.2) is 0 Å². The van der Waals surface area contributed by atoms with Crippen LogP contribution in [-0.4, -0.2) is 30.4 Å². The summed E-state index contributed by atoms with van der Waals surface area (Å²) in [5.74, 6) is 0.872. The molecule has 0 bridgehead atoms. The molecule has 0 saturated heterocycles. The molecule has 0 fully saturated rings. The Morgan fingerprint density at radius 2 is 2.20 bits per heavy atom. The van der Waals surface area contributed by atoms with E-state index in [1.807, 2.05) is 18.2 Å². The fraction of sp³-hybridized carbons (Fsp3) is 0.500. The zero-order valence-electron chi connectivity index (χ0n) is 9.18. The van der Waals surface area contributed by atoms with Crippen molar-refractivity contribution in [2.45, 2.75) is 26.0 Å². The van der Waals surface area contributed by atoms with Crippen molar-refractivity contribution in [1.29, 1.82) is 0 Å². The quantitative estimate of drug-likeness (QED) is 0.800. The van der Waals surface area contributed by atoms with E-state index in [0.29, 0.717) is 6.04 Å². The molecule has 0 amide bonds. The number of hydrogen-bond donors (Lipinski definition) is 1. The van der Waals surface area contributed by atoms with Gasteiger partial charge in [-0.05, 0) is 26.0 Å². The summed E-state index contributed by atoms with van der Waals surface area (Å²) >= 11 is 0. The normalized spacial score (nSPS) is 20.0. The molecule has 0 radical (unpaired) electrons. The summed E-state index contributed by atoms with van der Waals surface area (Å²) in [4.78, 5) is 2.26. The predicted molar refractivity (Wildman–Crippen MR) is 60.4 cm³/mol. The number of hydrogen-bond acceptors (Lipinski definition) is 3. The van der Waals surface area contributed by atoms with Crippen LogP contribution in [0.3, 0.4) is 0 Å². The molecule has 3 heteroatoms. The summed E-state index contributed by atoms with van der Waals surface area (Å²) in [6.45, 7) is 5.12. The number of anilines is 1. The Morgan fingerprint density at radius 3 is 2.87 bits per heavy atom. The summed E-state index contributed by atoms with van der Waals surface area (Å²) in [6, 6.07) is 8.40. The lowest BCUT2D eigenvalue weighted by molar-refractivity contribution is 0.110. The molecule has 0 aromatic heterocycles. The molecule has 1 aromatic rings. The van der Waals surface area contributed by atoms with Gasteiger partial charge in [-0.15, -0.1) is 0 Å². The van der Waals surface area contributed by atoms with Crippen molar-refractivity contribution in [2.24, 2.45) is 0 Å². The van der Waals surface area contributed by atoms with Gasteiger partial charge in [-0.2, -0.15) is 0 Å². The number of aliphatic hydroxyl groups excluding tert-OH is 1. The van der Waals surface area contributed by atoms with Crippen LogP contribution in [0.25, 0.3) is 0 Å². The highest BCUT2D eigenvalue weighted by atomic mass is 16.5. The summed E-state index contributed by atoms with van der Waals surface area (Å²) in [5, 5.41) is 9.16. The van der Waals surface area contributed by atoms with Crippen LogP contribution in [0.2, 0.25) is 0 Å². The SMILES string of the molecule is CC(C)N1CC(CO)Oc2ccccc21. The smallest absolute Gasteiger partial charge is 0.143 e. The van der Waals surface area contributed by atoms with E-state index in [9.17, 15) is 0 Å². The van der Waals surface area contributed by atoms with E-state index >= 15 is 0 Å². The van der Waals surface area contributed by atoms with E-state index in [1.54, 1.807) is 0 Å². The molecule has 0 aliphatic carbocycles. The van der Waals surface area contributed by atoms with Gasteiger partial charge in [0, 0.05) is 6.04 Å². The fourth-order valence-electron chi connectivity index (χ4n) is 1.91. The molecule has 0 saturated carbocycles. The molecule has 15 heavy (non-hydrogen) atoms. The first-order valence-electron chi connectivity index (χ1n) is 5.35. The van der Waals surface area contributed by atoms with Crippen molar-refractivity contribution in [3.63, 3.8) is 0 Å². The highest BCUT2D eigenvalue weighted by Gasteiger charge is 2.26. The van der Waals surface area contributed by atoms with Crippen LogP contribution < -0.4 is 9.64 Å². The molecule has 82 valence electrons. The number of para-hydroxylation sites is 2. The van der Waals surface area contributed by atoms with Crippen LogP contribution in [0.4, 0.5) is 5.69 Å². The van der Waals surface area contributed by atoms with Gasteiger partial charge in [0.2, 0.25) is 0 Å². The Kier molecular flexibility index (Phi) is 2.82. The maximum atomic E-state index is 9.16. The van der Waals surface area contributed by atoms with Crippen LogP contribution in [-0.2, 0) is 0 Å². The first-order chi connectivity index (χ1) is 7.22. The van der Waals surface area contributed by atoms with Gasteiger partial charge in [0.25, 0.3) is 0 Å². The minimum absolute atomic E-state index is 0.0670. The molecule has 1 heterocycles. The number of benzene rings is 1. The minimum atomic E-state index is -0.109. The molecular weight excluding hydrogens is 190 g/mol. The second kappa shape index (κ2) is 4.11. The van der Waals surface area contributed by atoms with Gasteiger partial charge in [0.1, 0.15) is 11.9 Å². The standard InChI is InChI=1S/C12H17NO2/c1-9(2)13-7-10(8-14)15-12-6-4-3-5-11(12)13/h3-6,9-10,14H,7-8H2,1-2H3. The summed E-state index contributed by atoms with van der Waals surface area (Å²) < 4.78 is 5.67. The van der Waals surface area contributed by atoms with E-state index in [1.165, 1.54) is 0 Å². The highest BCUT2D eigenvalue weighted by Crippen LogP contribution is 2.33. The second-order valence-corrected chi connectivity index (χ2v) is 4.14. The van der Waals surface area contributed by atoms with Crippen molar-refractivity contribution >= 4 is 5.69 Å². The van der Waals surface area contributed by atoms with E-state index in [2.05, 4.69) is 24.8 Å². The van der Waals surface area contributed by atoms with Crippen molar-refractivity contribution in [2.75, 3.05) is 18.1 Å². The molecule has 1 aliphatic heterocycles. The van der Waals surface area contributed by atoms with Gasteiger partial charge < -0.3 is 14.7 Å². The molecule has 2 rings (SSSR count). The molecule has 0 spiro atoms. The summed E-state index contributed by atoms with van der Waals surface area (Å²) in [7, 11) is 0. The number of aliphatic hydroxyl groups is 1. The van der Waals surface area contributed by atoms with E-state index < -0.39 is 0 Å².